The molecule has 1 aromatic heterocycles. The zero-order valence-corrected chi connectivity index (χ0v) is 11.8. The van der Waals surface area contributed by atoms with Crippen LogP contribution < -0.4 is 5.32 Å². The van der Waals surface area contributed by atoms with Crippen molar-refractivity contribution in [3.63, 3.8) is 0 Å². The van der Waals surface area contributed by atoms with E-state index in [0.717, 1.165) is 18.4 Å². The minimum Gasteiger partial charge on any atom is -0.465 e. The summed E-state index contributed by atoms with van der Waals surface area (Å²) in [5.74, 6) is -0.142. The maximum Gasteiger partial charge on any atom is 0.405 e. The molecule has 7 heteroatoms. The Hall–Kier alpha value is -1.82. The molecule has 2 N–H and O–H groups in total. The van der Waals surface area contributed by atoms with Crippen molar-refractivity contribution in [1.29, 1.82) is 0 Å². The van der Waals surface area contributed by atoms with Crippen molar-refractivity contribution in [2.24, 2.45) is 0 Å². The lowest BCUT2D eigenvalue weighted by atomic mass is 10.1. The molecule has 0 aliphatic carbocycles. The molecular weight excluding hydrogens is 282 g/mol. The van der Waals surface area contributed by atoms with Gasteiger partial charge in [0.1, 0.15) is 6.04 Å². The Morgan fingerprint density at radius 2 is 1.90 bits per heavy atom. The van der Waals surface area contributed by atoms with Crippen LogP contribution >= 0.6 is 12.4 Å². The summed E-state index contributed by atoms with van der Waals surface area (Å²) < 4.78 is 0. The molecule has 20 heavy (non-hydrogen) atoms. The first-order valence-electron chi connectivity index (χ1n) is 6.34. The second-order valence-electron chi connectivity index (χ2n) is 4.59. The molecule has 0 radical (unpaired) electrons. The highest BCUT2D eigenvalue weighted by molar-refractivity contribution is 5.86. The summed E-state index contributed by atoms with van der Waals surface area (Å²) in [5.41, 5.74) is 0.890. The van der Waals surface area contributed by atoms with Crippen molar-refractivity contribution >= 4 is 24.4 Å². The van der Waals surface area contributed by atoms with Crippen LogP contribution in [0.5, 0.6) is 0 Å². The third-order valence-electron chi connectivity index (χ3n) is 3.20. The second kappa shape index (κ2) is 7.69. The first-order chi connectivity index (χ1) is 9.16. The number of carboxylic acid groups (broad SMARTS) is 1. The molecule has 2 rings (SSSR count). The summed E-state index contributed by atoms with van der Waals surface area (Å²) in [6, 6.07) is 2.85. The van der Waals surface area contributed by atoms with Gasteiger partial charge in [-0.25, -0.2) is 4.79 Å². The van der Waals surface area contributed by atoms with Gasteiger partial charge in [-0.1, -0.05) is 0 Å². The fraction of sp³-hybridized carbons (Fsp3) is 0.462. The minimum absolute atomic E-state index is 0. The van der Waals surface area contributed by atoms with Crippen LogP contribution in [0, 0.1) is 0 Å². The van der Waals surface area contributed by atoms with Crippen LogP contribution in [0.4, 0.5) is 4.79 Å². The Kier molecular flexibility index (Phi) is 6.24. The lowest BCUT2D eigenvalue weighted by Crippen LogP contribution is -2.48. The highest BCUT2D eigenvalue weighted by Gasteiger charge is 2.27. The summed E-state index contributed by atoms with van der Waals surface area (Å²) >= 11 is 0. The van der Waals surface area contributed by atoms with Crippen molar-refractivity contribution in [2.75, 3.05) is 13.1 Å². The normalized spacial score (nSPS) is 15.3. The third-order valence-corrected chi connectivity index (χ3v) is 3.20. The van der Waals surface area contributed by atoms with Crippen molar-refractivity contribution < 1.29 is 14.7 Å². The molecule has 2 amide bonds. The fourth-order valence-corrected chi connectivity index (χ4v) is 2.26. The van der Waals surface area contributed by atoms with E-state index in [1.54, 1.807) is 29.4 Å². The van der Waals surface area contributed by atoms with Gasteiger partial charge in [0.15, 0.2) is 0 Å². The summed E-state index contributed by atoms with van der Waals surface area (Å²) in [4.78, 5) is 28.7. The number of hydrogen-bond donors (Lipinski definition) is 2. The van der Waals surface area contributed by atoms with Gasteiger partial charge in [-0.05, 0) is 30.5 Å². The van der Waals surface area contributed by atoms with Gasteiger partial charge < -0.3 is 15.3 Å². The van der Waals surface area contributed by atoms with Gasteiger partial charge >= 0.3 is 6.09 Å². The zero-order chi connectivity index (χ0) is 13.7. The lowest BCUT2D eigenvalue weighted by Gasteiger charge is -2.23. The summed E-state index contributed by atoms with van der Waals surface area (Å²) in [5, 5.41) is 11.2. The fourth-order valence-electron chi connectivity index (χ4n) is 2.26. The van der Waals surface area contributed by atoms with Crippen LogP contribution in [0.25, 0.3) is 0 Å². The predicted octanol–water partition coefficient (Wildman–Crippen LogP) is 1.30. The predicted molar refractivity (Wildman–Crippen MR) is 76.0 cm³/mol. The van der Waals surface area contributed by atoms with Crippen LogP contribution in [0.1, 0.15) is 18.4 Å². The van der Waals surface area contributed by atoms with Crippen LogP contribution in [0.15, 0.2) is 24.5 Å². The standard InChI is InChI=1S/C13H17N3O3.ClH/c17-12(16-7-1-2-8-16)11(15-13(18)19)9-10-3-5-14-6-4-10;/h3-6,11,15H,1-2,7-9H2,(H,18,19);1H. The third kappa shape index (κ3) is 4.38. The molecule has 0 saturated carbocycles. The molecule has 0 spiro atoms. The van der Waals surface area contributed by atoms with Crippen LogP contribution in [0.3, 0.4) is 0 Å². The van der Waals surface area contributed by atoms with Crippen molar-refractivity contribution in [3.8, 4) is 0 Å². The van der Waals surface area contributed by atoms with E-state index < -0.39 is 12.1 Å². The van der Waals surface area contributed by atoms with Gasteiger partial charge in [0, 0.05) is 31.9 Å². The van der Waals surface area contributed by atoms with Gasteiger partial charge in [-0.2, -0.15) is 0 Å². The van der Waals surface area contributed by atoms with Gasteiger partial charge in [0.25, 0.3) is 0 Å². The van der Waals surface area contributed by atoms with Crippen LogP contribution in [0.2, 0.25) is 0 Å². The maximum atomic E-state index is 12.3. The monoisotopic (exact) mass is 299 g/mol. The summed E-state index contributed by atoms with van der Waals surface area (Å²) in [7, 11) is 0. The van der Waals surface area contributed by atoms with Gasteiger partial charge in [0.2, 0.25) is 5.91 Å². The largest absolute Gasteiger partial charge is 0.465 e. The maximum absolute atomic E-state index is 12.3. The summed E-state index contributed by atoms with van der Waals surface area (Å²) in [6.45, 7) is 1.43. The average Bonchev–Trinajstić information content (AvgIpc) is 2.91. The van der Waals surface area contributed by atoms with E-state index in [1.165, 1.54) is 0 Å². The number of carbonyl (C=O) groups excluding carboxylic acids is 1. The van der Waals surface area contributed by atoms with E-state index >= 15 is 0 Å². The smallest absolute Gasteiger partial charge is 0.405 e. The molecule has 1 saturated heterocycles. The van der Waals surface area contributed by atoms with E-state index in [4.69, 9.17) is 5.11 Å². The molecular formula is C13H18ClN3O3. The van der Waals surface area contributed by atoms with Crippen LogP contribution in [-0.2, 0) is 11.2 Å². The van der Waals surface area contributed by atoms with Gasteiger partial charge in [0.05, 0.1) is 0 Å². The van der Waals surface area contributed by atoms with E-state index in [9.17, 15) is 9.59 Å². The Labute approximate surface area is 123 Å². The van der Waals surface area contributed by atoms with E-state index in [0.29, 0.717) is 19.5 Å². The van der Waals surface area contributed by atoms with E-state index in [-0.39, 0.29) is 18.3 Å². The Bertz CT molecular complexity index is 449. The number of carbonyl (C=O) groups is 2. The molecule has 0 bridgehead atoms. The first kappa shape index (κ1) is 16.2. The van der Waals surface area contributed by atoms with Gasteiger partial charge in [-0.3, -0.25) is 9.78 Å². The highest BCUT2D eigenvalue weighted by Crippen LogP contribution is 2.11. The number of nitrogens with one attached hydrogen (secondary N) is 1. The average molecular weight is 300 g/mol. The highest BCUT2D eigenvalue weighted by atomic mass is 35.5. The number of pyridine rings is 1. The molecule has 1 unspecified atom stereocenters. The summed E-state index contributed by atoms with van der Waals surface area (Å²) in [6.07, 6.45) is 4.42. The Balaban J connectivity index is 0.00000200. The van der Waals surface area contributed by atoms with Crippen molar-refractivity contribution in [1.82, 2.24) is 15.2 Å². The van der Waals surface area contributed by atoms with Gasteiger partial charge in [-0.15, -0.1) is 12.4 Å². The second-order valence-corrected chi connectivity index (χ2v) is 4.59. The van der Waals surface area contributed by atoms with Crippen molar-refractivity contribution in [3.05, 3.63) is 30.1 Å². The molecule has 1 aliphatic rings. The number of rotatable bonds is 4. The molecule has 110 valence electrons. The molecule has 1 aromatic rings. The van der Waals surface area contributed by atoms with E-state index in [2.05, 4.69) is 10.3 Å². The number of likely N-dealkylation sites (tertiary alicyclic amines) is 1. The van der Waals surface area contributed by atoms with Crippen LogP contribution in [-0.4, -0.2) is 46.1 Å². The number of hydrogen-bond acceptors (Lipinski definition) is 3. The molecule has 2 heterocycles. The van der Waals surface area contributed by atoms with Crippen molar-refractivity contribution in [2.45, 2.75) is 25.3 Å². The number of nitrogens with zero attached hydrogens (tertiary/aromatic N) is 2. The molecule has 1 atom stereocenters. The Morgan fingerprint density at radius 1 is 1.30 bits per heavy atom. The minimum atomic E-state index is -1.17. The molecule has 6 nitrogen and oxygen atoms in total. The topological polar surface area (TPSA) is 82.5 Å². The molecule has 1 fully saturated rings. The lowest BCUT2D eigenvalue weighted by molar-refractivity contribution is -0.132. The van der Waals surface area contributed by atoms with E-state index in [1.807, 2.05) is 0 Å². The molecule has 1 aliphatic heterocycles. The Morgan fingerprint density at radius 3 is 2.45 bits per heavy atom. The zero-order valence-electron chi connectivity index (χ0n) is 11.0. The number of amides is 2. The molecule has 0 aromatic carbocycles. The first-order valence-corrected chi connectivity index (χ1v) is 6.34. The SMILES string of the molecule is Cl.O=C(O)NC(Cc1ccncc1)C(=O)N1CCCC1. The quantitative estimate of drug-likeness (QED) is 0.878. The number of aromatic nitrogens is 1. The number of halogens is 1.